The Morgan fingerprint density at radius 2 is 1.54 bits per heavy atom. The first-order valence-corrected chi connectivity index (χ1v) is 16.4. The molecule has 0 unspecified atom stereocenters. The van der Waals surface area contributed by atoms with Gasteiger partial charge < -0.3 is 10.6 Å². The van der Waals surface area contributed by atoms with Crippen molar-refractivity contribution in [2.24, 2.45) is 0 Å². The van der Waals surface area contributed by atoms with Gasteiger partial charge >= 0.3 is 0 Å². The lowest BCUT2D eigenvalue weighted by molar-refractivity contribution is -0.127. The van der Waals surface area contributed by atoms with Crippen LogP contribution in [0.15, 0.2) is 18.2 Å². The minimum absolute atomic E-state index is 0.0101. The van der Waals surface area contributed by atoms with Gasteiger partial charge in [-0.3, -0.25) is 23.4 Å². The molecule has 0 aliphatic heterocycles. The highest BCUT2D eigenvalue weighted by Gasteiger charge is 2.20. The highest BCUT2D eigenvalue weighted by molar-refractivity contribution is 8.76. The van der Waals surface area contributed by atoms with Crippen molar-refractivity contribution in [3.63, 3.8) is 0 Å². The molecule has 208 valence electrons. The summed E-state index contributed by atoms with van der Waals surface area (Å²) in [6, 6.07) is 5.19. The molecule has 0 radical (unpaired) electrons. The molecule has 1 rings (SSSR count). The van der Waals surface area contributed by atoms with Crippen LogP contribution in [0.25, 0.3) is 0 Å². The number of hydrogen-bond donors (Lipinski definition) is 2. The molecule has 0 aliphatic rings. The zero-order chi connectivity index (χ0) is 28.1. The van der Waals surface area contributed by atoms with Crippen molar-refractivity contribution in [1.29, 1.82) is 0 Å². The van der Waals surface area contributed by atoms with Gasteiger partial charge in [0, 0.05) is 42.5 Å². The monoisotopic (exact) mass is 574 g/mol. The highest BCUT2D eigenvalue weighted by atomic mass is 33.1. The summed E-state index contributed by atoms with van der Waals surface area (Å²) >= 11 is 0. The fourth-order valence-electron chi connectivity index (χ4n) is 3.23. The van der Waals surface area contributed by atoms with E-state index in [1.165, 1.54) is 0 Å². The Hall–Kier alpha value is -1.89. The molecule has 37 heavy (non-hydrogen) atoms. The molecule has 1 aromatic carbocycles. The van der Waals surface area contributed by atoms with Gasteiger partial charge in [-0.25, -0.2) is 0 Å². The van der Waals surface area contributed by atoms with Crippen LogP contribution < -0.4 is 10.6 Å². The van der Waals surface area contributed by atoms with Crippen molar-refractivity contribution in [3.8, 4) is 0 Å². The number of benzene rings is 1. The number of hydrogen-bond acceptors (Lipinski definition) is 9. The molecule has 0 heterocycles. The van der Waals surface area contributed by atoms with Crippen LogP contribution in [-0.4, -0.2) is 55.6 Å². The Bertz CT molecular complexity index is 1060. The van der Waals surface area contributed by atoms with E-state index in [0.717, 1.165) is 18.2 Å². The number of ketones is 2. The first kappa shape index (κ1) is 33.1. The molecule has 1 aromatic rings. The summed E-state index contributed by atoms with van der Waals surface area (Å²) in [5.41, 5.74) is 1.97. The van der Waals surface area contributed by atoms with E-state index >= 15 is 0 Å². The van der Waals surface area contributed by atoms with Crippen molar-refractivity contribution in [2.45, 2.75) is 77.1 Å². The van der Waals surface area contributed by atoms with E-state index in [9.17, 15) is 27.6 Å². The maximum atomic E-state index is 12.3. The van der Waals surface area contributed by atoms with Crippen LogP contribution in [0, 0.1) is 0 Å². The molecule has 0 spiro atoms. The van der Waals surface area contributed by atoms with Crippen LogP contribution in [-0.2, 0) is 46.5 Å². The average Bonchev–Trinajstić information content (AvgIpc) is 2.81. The largest absolute Gasteiger partial charge is 0.349 e. The fraction of sp³-hybridized carbons (Fsp3) is 0.600. The van der Waals surface area contributed by atoms with E-state index in [1.807, 2.05) is 13.2 Å². The van der Waals surface area contributed by atoms with E-state index in [0.29, 0.717) is 24.1 Å². The number of carbonyl (C=O) groups excluding carboxylic acids is 4. The van der Waals surface area contributed by atoms with Crippen LogP contribution in [0.4, 0.5) is 5.69 Å². The zero-order valence-corrected chi connectivity index (χ0v) is 24.6. The quantitative estimate of drug-likeness (QED) is 0.197. The van der Waals surface area contributed by atoms with Gasteiger partial charge in [0.15, 0.2) is 5.78 Å². The second-order valence-corrected chi connectivity index (χ2v) is 14.0. The van der Waals surface area contributed by atoms with Crippen LogP contribution in [0.3, 0.4) is 0 Å². The zero-order valence-electron chi connectivity index (χ0n) is 22.2. The molecule has 0 aliphatic carbocycles. The SMILES string of the molecule is CCc1cc(COS(C)(=O)=O)cc(NC(=O)CCC(=O)CNC(=O)CCC(=O)CCC(C)(C)SSC)c1. The van der Waals surface area contributed by atoms with Crippen LogP contribution in [0.2, 0.25) is 0 Å². The molecule has 0 saturated carbocycles. The molecule has 9 nitrogen and oxygen atoms in total. The summed E-state index contributed by atoms with van der Waals surface area (Å²) in [5.74, 6) is -1.03. The molecule has 2 N–H and O–H groups in total. The second kappa shape index (κ2) is 16.2. The van der Waals surface area contributed by atoms with Crippen molar-refractivity contribution >= 4 is 60.8 Å². The normalized spacial score (nSPS) is 11.7. The van der Waals surface area contributed by atoms with Crippen LogP contribution in [0.5, 0.6) is 0 Å². The summed E-state index contributed by atoms with van der Waals surface area (Å²) in [7, 11) is -0.223. The first-order chi connectivity index (χ1) is 17.2. The topological polar surface area (TPSA) is 136 Å². The Kier molecular flexibility index (Phi) is 14.5. The van der Waals surface area contributed by atoms with Crippen molar-refractivity contribution in [2.75, 3.05) is 24.4 Å². The molecular formula is C25H38N2O7S3. The Morgan fingerprint density at radius 3 is 2.16 bits per heavy atom. The highest BCUT2D eigenvalue weighted by Crippen LogP contribution is 2.37. The predicted octanol–water partition coefficient (Wildman–Crippen LogP) is 4.05. The lowest BCUT2D eigenvalue weighted by atomic mass is 10.0. The van der Waals surface area contributed by atoms with E-state index < -0.39 is 10.1 Å². The molecule has 2 amide bonds. The smallest absolute Gasteiger partial charge is 0.264 e. The number of nitrogens with one attached hydrogen (secondary N) is 2. The summed E-state index contributed by atoms with van der Waals surface area (Å²) in [5, 5.41) is 5.22. The number of Topliss-reactive ketones (excluding diaryl/α,β-unsaturated/α-hetero) is 2. The average molecular weight is 575 g/mol. The molecule has 0 bridgehead atoms. The van der Waals surface area contributed by atoms with Gasteiger partial charge in [0.2, 0.25) is 11.8 Å². The maximum absolute atomic E-state index is 12.3. The molecule has 0 saturated heterocycles. The third-order valence-electron chi connectivity index (χ3n) is 5.24. The van der Waals surface area contributed by atoms with Gasteiger partial charge in [-0.15, -0.1) is 0 Å². The standard InChI is InChI=1S/C25H38N2O7S3/c1-6-18-13-19(17-34-37(5,32)33)15-20(14-18)27-24(31)10-8-22(29)16-26-23(30)9-7-21(28)11-12-25(2,3)36-35-4/h13-15H,6-12,16-17H2,1-5H3,(H,26,30)(H,27,31). The summed E-state index contributed by atoms with van der Waals surface area (Å²) in [4.78, 5) is 48.5. The third kappa shape index (κ3) is 15.8. The van der Waals surface area contributed by atoms with Gasteiger partial charge in [0.05, 0.1) is 19.4 Å². The fourth-order valence-corrected chi connectivity index (χ4v) is 5.82. The number of rotatable bonds is 18. The van der Waals surface area contributed by atoms with Crippen molar-refractivity contribution in [3.05, 3.63) is 29.3 Å². The summed E-state index contributed by atoms with van der Waals surface area (Å²) < 4.78 is 27.3. The van der Waals surface area contributed by atoms with Gasteiger partial charge in [0.1, 0.15) is 5.78 Å². The second-order valence-electron chi connectivity index (χ2n) is 9.27. The Morgan fingerprint density at radius 1 is 0.919 bits per heavy atom. The minimum Gasteiger partial charge on any atom is -0.349 e. The summed E-state index contributed by atoms with van der Waals surface area (Å²) in [6.45, 7) is 5.75. The number of carbonyl (C=O) groups is 4. The van der Waals surface area contributed by atoms with E-state index in [1.54, 1.807) is 39.8 Å². The predicted molar refractivity (Wildman–Crippen MR) is 150 cm³/mol. The van der Waals surface area contributed by atoms with Gasteiger partial charge in [0.25, 0.3) is 10.1 Å². The number of aryl methyl sites for hydroxylation is 1. The maximum Gasteiger partial charge on any atom is 0.264 e. The number of anilines is 1. The first-order valence-electron chi connectivity index (χ1n) is 12.0. The molecular weight excluding hydrogens is 536 g/mol. The lowest BCUT2D eigenvalue weighted by Crippen LogP contribution is -2.30. The number of amides is 2. The molecule has 12 heteroatoms. The van der Waals surface area contributed by atoms with E-state index in [-0.39, 0.29) is 67.0 Å². The summed E-state index contributed by atoms with van der Waals surface area (Å²) in [6.07, 6.45) is 4.83. The third-order valence-corrected chi connectivity index (χ3v) is 8.47. The van der Waals surface area contributed by atoms with Gasteiger partial charge in [-0.1, -0.05) is 34.6 Å². The molecule has 0 atom stereocenters. The Balaban J connectivity index is 2.40. The van der Waals surface area contributed by atoms with Crippen molar-refractivity contribution in [1.82, 2.24) is 5.32 Å². The van der Waals surface area contributed by atoms with E-state index in [2.05, 4.69) is 24.5 Å². The lowest BCUT2D eigenvalue weighted by Gasteiger charge is -2.21. The minimum atomic E-state index is -3.60. The molecule has 0 fully saturated rings. The van der Waals surface area contributed by atoms with Gasteiger partial charge in [-0.2, -0.15) is 8.42 Å². The Labute approximate surface area is 228 Å². The van der Waals surface area contributed by atoms with E-state index in [4.69, 9.17) is 4.18 Å². The van der Waals surface area contributed by atoms with Crippen molar-refractivity contribution < 1.29 is 31.8 Å². The van der Waals surface area contributed by atoms with Crippen LogP contribution in [0.1, 0.15) is 70.4 Å². The van der Waals surface area contributed by atoms with Gasteiger partial charge in [-0.05, 0) is 56.2 Å². The van der Waals surface area contributed by atoms with Crippen LogP contribution >= 0.6 is 21.6 Å². The molecule has 0 aromatic heterocycles.